The van der Waals surface area contributed by atoms with Crippen molar-refractivity contribution in [3.05, 3.63) is 0 Å². The summed E-state index contributed by atoms with van der Waals surface area (Å²) in [4.78, 5) is 194. The van der Waals surface area contributed by atoms with E-state index >= 15 is 0 Å². The highest BCUT2D eigenvalue weighted by atomic mass is 16.7. The second-order valence-corrected chi connectivity index (χ2v) is 27.5. The van der Waals surface area contributed by atoms with Gasteiger partial charge >= 0.3 is 17.9 Å². The number of hydroxylamine groups is 6. The van der Waals surface area contributed by atoms with E-state index in [1.54, 1.807) is 0 Å². The summed E-state index contributed by atoms with van der Waals surface area (Å²) in [5.41, 5.74) is 0. The average molecular weight is 1640 g/mol. The number of ketones is 2. The van der Waals surface area contributed by atoms with Gasteiger partial charge < -0.3 is 92.6 Å². The van der Waals surface area contributed by atoms with Crippen LogP contribution in [-0.4, -0.2) is 288 Å². The van der Waals surface area contributed by atoms with Crippen molar-refractivity contribution in [1.82, 2.24) is 36.5 Å². The molecule has 37 nitrogen and oxygen atoms in total. The van der Waals surface area contributed by atoms with E-state index in [4.69, 9.17) is 71.4 Å². The van der Waals surface area contributed by atoms with E-state index in [2.05, 4.69) is 21.3 Å². The molecule has 0 aliphatic carbocycles. The summed E-state index contributed by atoms with van der Waals surface area (Å²) in [6.07, 6.45) is 15.1. The van der Waals surface area contributed by atoms with Gasteiger partial charge in [-0.2, -0.15) is 0 Å². The smallest absolute Gasteiger partial charge is 0.333 e. The maximum absolute atomic E-state index is 12.7. The van der Waals surface area contributed by atoms with E-state index in [1.807, 2.05) is 0 Å². The summed E-state index contributed by atoms with van der Waals surface area (Å²) < 4.78 is 67.6. The summed E-state index contributed by atoms with van der Waals surface area (Å²) in [6.45, 7) is 8.65. The molecule has 3 aliphatic heterocycles. The molecule has 0 unspecified atom stereocenters. The summed E-state index contributed by atoms with van der Waals surface area (Å²) in [5, 5.41) is 13.0. The maximum atomic E-state index is 12.7. The summed E-state index contributed by atoms with van der Waals surface area (Å²) in [6, 6.07) is 0. The van der Waals surface area contributed by atoms with Crippen LogP contribution in [0.3, 0.4) is 0 Å². The van der Waals surface area contributed by atoms with E-state index in [-0.39, 0.29) is 210 Å². The number of carbonyl (C=O) groups is 15. The number of imide groups is 3. The van der Waals surface area contributed by atoms with E-state index in [9.17, 15) is 71.9 Å². The number of nitrogens with one attached hydrogen (secondary N) is 4. The van der Waals surface area contributed by atoms with Crippen molar-refractivity contribution in [2.24, 2.45) is 5.92 Å². The number of Topliss-reactive ketones (excluding diaryl/α,β-unsaturated/α-hetero) is 2. The van der Waals surface area contributed by atoms with Crippen molar-refractivity contribution in [2.75, 3.05) is 185 Å². The van der Waals surface area contributed by atoms with E-state index < -0.39 is 53.4 Å². The topological polar surface area (TPSA) is 452 Å². The maximum Gasteiger partial charge on any atom is 0.333 e. The van der Waals surface area contributed by atoms with E-state index in [0.29, 0.717) is 172 Å². The molecule has 3 fully saturated rings. The third kappa shape index (κ3) is 57.3. The molecular weight excluding hydrogens is 1510 g/mol. The molecule has 3 heterocycles. The Morgan fingerprint density at radius 1 is 0.226 bits per heavy atom. The van der Waals surface area contributed by atoms with Gasteiger partial charge in [0.15, 0.2) is 0 Å². The fourth-order valence-electron chi connectivity index (χ4n) is 11.0. The molecule has 4 N–H and O–H groups in total. The normalized spacial score (nSPS) is 13.6. The van der Waals surface area contributed by atoms with Crippen LogP contribution in [-0.2, 0) is 143 Å². The highest BCUT2D eigenvalue weighted by Gasteiger charge is 2.35. The molecule has 0 bridgehead atoms. The number of hydrogen-bond acceptors (Lipinski definition) is 30. The predicted molar refractivity (Wildman–Crippen MR) is 406 cm³/mol. The SMILES string of the molecule is O=C(CCCOCCOCCOCCC(=O)NCCCCCCCC(=O)ON1C(=O)CCC1=O)CCOCC(COCCC(=O)CCCOCCOCCOCCC(=O)NCCCCCCCC(=O)ON1C(=O)CCC1=O)COCCC(=O)NCCOCCOCCOCCC(=O)NCCCCCCCC(=O)ON1C(=O)CCC1=O. The predicted octanol–water partition coefficient (Wildman–Crippen LogP) is 4.15. The molecule has 0 spiro atoms. The Labute approximate surface area is 674 Å². The lowest BCUT2D eigenvalue weighted by Gasteiger charge is -2.18. The van der Waals surface area contributed by atoms with Gasteiger partial charge in [-0.3, -0.25) is 57.5 Å². The minimum Gasteiger partial charge on any atom is -0.381 e. The second kappa shape index (κ2) is 69.7. The van der Waals surface area contributed by atoms with Crippen LogP contribution in [0, 0.1) is 5.92 Å². The first kappa shape index (κ1) is 102. The first-order valence-electron chi connectivity index (χ1n) is 41.1. The molecule has 115 heavy (non-hydrogen) atoms. The van der Waals surface area contributed by atoms with Gasteiger partial charge in [-0.25, -0.2) is 14.4 Å². The van der Waals surface area contributed by atoms with Gasteiger partial charge in [0.05, 0.1) is 145 Å². The van der Waals surface area contributed by atoms with Gasteiger partial charge in [0.2, 0.25) is 23.6 Å². The number of rotatable bonds is 80. The van der Waals surface area contributed by atoms with Crippen LogP contribution in [0.5, 0.6) is 0 Å². The zero-order valence-electron chi connectivity index (χ0n) is 67.5. The van der Waals surface area contributed by atoms with Crippen LogP contribution in [0.15, 0.2) is 0 Å². The molecule has 3 aliphatic rings. The Morgan fingerprint density at radius 2 is 0.452 bits per heavy atom. The number of carbonyl (C=O) groups excluding carboxylic acids is 15. The number of amides is 10. The molecule has 656 valence electrons. The minimum atomic E-state index is -0.604. The highest BCUT2D eigenvalue weighted by molar-refractivity contribution is 6.03. The number of unbranched alkanes of at least 4 members (excludes halogenated alkanes) is 12. The van der Waals surface area contributed by atoms with Crippen molar-refractivity contribution < 1.29 is 143 Å². The molecule has 0 aromatic carbocycles. The molecule has 37 heteroatoms. The average Bonchev–Trinajstić information content (AvgIpc) is 1.75. The van der Waals surface area contributed by atoms with Gasteiger partial charge in [0.25, 0.3) is 35.4 Å². The van der Waals surface area contributed by atoms with Crippen molar-refractivity contribution in [3.63, 3.8) is 0 Å². The molecule has 0 aromatic rings. The Kier molecular flexibility index (Phi) is 61.6. The first-order valence-corrected chi connectivity index (χ1v) is 41.1. The quantitative estimate of drug-likeness (QED) is 0.0491. The number of nitrogens with zero attached hydrogens (tertiary/aromatic N) is 3. The lowest BCUT2D eigenvalue weighted by atomic mass is 10.1. The molecule has 10 amide bonds. The van der Waals surface area contributed by atoms with E-state index in [1.165, 1.54) is 0 Å². The monoisotopic (exact) mass is 1640 g/mol. The Balaban J connectivity index is 1.16. The van der Waals surface area contributed by atoms with Crippen LogP contribution in [0.1, 0.15) is 218 Å². The highest BCUT2D eigenvalue weighted by Crippen LogP contribution is 2.18. The fraction of sp³-hybridized carbons (Fsp3) is 0.808. The van der Waals surface area contributed by atoms with Crippen molar-refractivity contribution >= 4 is 88.5 Å². The van der Waals surface area contributed by atoms with Crippen LogP contribution in [0.4, 0.5) is 0 Å². The third-order valence-corrected chi connectivity index (χ3v) is 17.5. The summed E-state index contributed by atoms with van der Waals surface area (Å²) >= 11 is 0. The van der Waals surface area contributed by atoms with Crippen LogP contribution < -0.4 is 21.3 Å². The van der Waals surface area contributed by atoms with Gasteiger partial charge in [-0.15, -0.1) is 15.2 Å². The number of hydrogen-bond donors (Lipinski definition) is 4. The fourth-order valence-corrected chi connectivity index (χ4v) is 11.0. The third-order valence-electron chi connectivity index (χ3n) is 17.5. The molecule has 0 aromatic heterocycles. The Bertz CT molecular complexity index is 2480. The van der Waals surface area contributed by atoms with E-state index in [0.717, 1.165) is 77.0 Å². The lowest BCUT2D eigenvalue weighted by Crippen LogP contribution is -2.31. The Morgan fingerprint density at radius 3 is 0.748 bits per heavy atom. The largest absolute Gasteiger partial charge is 0.381 e. The zero-order valence-corrected chi connectivity index (χ0v) is 67.5. The standard InChI is InChI=1S/C78H129N7O30/c86-64(18-16-39-101-48-54-107-56-50-103-43-31-66(88)79-35-13-7-1-4-10-20-76(98)113-83-70(92)23-24-71(83)93)29-41-110-60-63(61-111-42-30-65(87)19-17-40-102-49-55-108-57-51-104-44-32-67(89)80-36-14-8-2-5-11-21-77(99)114-84-72(94)25-26-73(84)95)62-112-46-34-69(91)82-38-47-106-53-59-109-58-52-105-45-33-68(90)81-37-15-9-3-6-12-22-78(100)115-85-74(96)27-28-75(85)97/h63H,1-62H2,(H,79,88)(H,80,89)(H,81,90)(H,82,91). The molecular formula is C78H129N7O30. The molecule has 0 atom stereocenters. The van der Waals surface area contributed by atoms with Gasteiger partial charge in [-0.1, -0.05) is 57.8 Å². The lowest BCUT2D eigenvalue weighted by molar-refractivity contribution is -0.197. The van der Waals surface area contributed by atoms with Crippen LogP contribution >= 0.6 is 0 Å². The number of ether oxygens (including phenoxy) is 12. The van der Waals surface area contributed by atoms with Crippen molar-refractivity contribution in [2.45, 2.75) is 218 Å². The molecule has 3 saturated heterocycles. The Hall–Kier alpha value is -7.43. The molecule has 3 rings (SSSR count). The zero-order chi connectivity index (χ0) is 83.2. The first-order chi connectivity index (χ1) is 55.9. The molecule has 0 saturated carbocycles. The summed E-state index contributed by atoms with van der Waals surface area (Å²) in [7, 11) is 0. The van der Waals surface area contributed by atoms with Crippen molar-refractivity contribution in [1.29, 1.82) is 0 Å². The van der Waals surface area contributed by atoms with Gasteiger partial charge in [-0.05, 0) is 51.4 Å². The molecule has 0 radical (unpaired) electrons. The second-order valence-electron chi connectivity index (χ2n) is 27.5. The minimum absolute atomic E-state index is 0.0176. The van der Waals surface area contributed by atoms with Gasteiger partial charge in [0.1, 0.15) is 11.6 Å². The van der Waals surface area contributed by atoms with Gasteiger partial charge in [0, 0.05) is 154 Å². The van der Waals surface area contributed by atoms with Crippen LogP contribution in [0.25, 0.3) is 0 Å². The summed E-state index contributed by atoms with van der Waals surface area (Å²) in [5.74, 6) is -5.61. The van der Waals surface area contributed by atoms with Crippen LogP contribution in [0.2, 0.25) is 0 Å². The van der Waals surface area contributed by atoms with Crippen molar-refractivity contribution in [3.8, 4) is 0 Å².